The fourth-order valence-corrected chi connectivity index (χ4v) is 0.349. The summed E-state index contributed by atoms with van der Waals surface area (Å²) in [6.45, 7) is 3.67. The third-order valence-corrected chi connectivity index (χ3v) is 1.01. The summed E-state index contributed by atoms with van der Waals surface area (Å²) in [6, 6.07) is 0. The molecule has 0 spiro atoms. The Morgan fingerprint density at radius 2 is 1.12 bits per heavy atom. The predicted molar refractivity (Wildman–Crippen MR) is 100 cm³/mol. The summed E-state index contributed by atoms with van der Waals surface area (Å²) >= 11 is 7.21. The van der Waals surface area contributed by atoms with Gasteiger partial charge in [0.05, 0.1) is 6.61 Å². The van der Waals surface area contributed by atoms with Gasteiger partial charge in [-0.25, -0.2) is 4.79 Å². The Hall–Kier alpha value is -0.000000000000000305. The van der Waals surface area contributed by atoms with Crippen molar-refractivity contribution in [3.05, 3.63) is 0 Å². The Morgan fingerprint density at radius 1 is 0.917 bits per heavy atom. The van der Waals surface area contributed by atoms with Crippen LogP contribution in [0, 0.1) is 0 Å². The van der Waals surface area contributed by atoms with E-state index >= 15 is 0 Å². The van der Waals surface area contributed by atoms with Gasteiger partial charge in [-0.1, -0.05) is 27.7 Å². The molecule has 10 nitrogen and oxygen atoms in total. The minimum Gasteiger partial charge on any atom is -0.449 e. The topological polar surface area (TPSA) is 168 Å². The zero-order valence-corrected chi connectivity index (χ0v) is 18.2. The largest absolute Gasteiger partial charge is 0.449 e. The second kappa shape index (κ2) is 21.0. The number of carbonyl (C=O) groups excluding carboxylic acids is 2. The maximum Gasteiger partial charge on any atom is 0.416 e. The molecule has 0 aliphatic rings. The summed E-state index contributed by atoms with van der Waals surface area (Å²) in [5.41, 5.74) is 0. The monoisotopic (exact) mass is 433 g/mol. The molecule has 0 unspecified atom stereocenters. The first-order valence-electron chi connectivity index (χ1n) is 6.57. The van der Waals surface area contributed by atoms with Crippen LogP contribution in [0.1, 0.15) is 41.5 Å². The van der Waals surface area contributed by atoms with Gasteiger partial charge in [-0.3, -0.25) is 9.69 Å². The summed E-state index contributed by atoms with van der Waals surface area (Å²) < 4.78 is 4.53. The molecule has 0 aliphatic heterocycles. The van der Waals surface area contributed by atoms with Gasteiger partial charge in [0.25, 0.3) is 0 Å². The number of amides is 2. The van der Waals surface area contributed by atoms with Crippen molar-refractivity contribution in [1.82, 2.24) is 4.90 Å². The third-order valence-electron chi connectivity index (χ3n) is 1.01. The predicted octanol–water partition coefficient (Wildman–Crippen LogP) is 1.05. The first kappa shape index (κ1) is 35.2. The molecule has 0 fully saturated rings. The van der Waals surface area contributed by atoms with Crippen LogP contribution >= 0.6 is 13.4 Å². The molecule has 2 amide bonds. The Labute approximate surface area is 153 Å². The van der Waals surface area contributed by atoms with E-state index in [1.807, 2.05) is 27.7 Å². The average molecular weight is 433 g/mol. The fourth-order valence-electron chi connectivity index (χ4n) is 0.349. The van der Waals surface area contributed by atoms with Crippen LogP contribution in [0.15, 0.2) is 0 Å². The molecule has 0 atom stereocenters. The molecule has 0 aromatic carbocycles. The van der Waals surface area contributed by atoms with E-state index in [2.05, 4.69) is 28.4 Å². The lowest BCUT2D eigenvalue weighted by atomic mass is 10.6. The molecule has 0 saturated heterocycles. The van der Waals surface area contributed by atoms with Crippen LogP contribution in [0.25, 0.3) is 0 Å². The first-order chi connectivity index (χ1) is 10.6. The smallest absolute Gasteiger partial charge is 0.416 e. The summed E-state index contributed by atoms with van der Waals surface area (Å²) in [4.78, 5) is 67.4. The molecule has 0 saturated carbocycles. The summed E-state index contributed by atoms with van der Waals surface area (Å²) in [5.74, 6) is -0.321. The molecule has 6 N–H and O–H groups in total. The molecule has 0 heterocycles. The summed E-state index contributed by atoms with van der Waals surface area (Å²) in [7, 11) is 1.38. The van der Waals surface area contributed by atoms with Crippen molar-refractivity contribution >= 4 is 49.1 Å². The number of carbonyl (C=O) groups is 2. The Balaban J connectivity index is -0.0000000731. The van der Waals surface area contributed by atoms with E-state index < -0.39 is 19.5 Å². The third kappa shape index (κ3) is 80.2. The van der Waals surface area contributed by atoms with Crippen molar-refractivity contribution in [1.29, 1.82) is 0 Å². The van der Waals surface area contributed by atoms with Crippen molar-refractivity contribution in [2.45, 2.75) is 41.5 Å². The maximum atomic E-state index is 10.7. The molecule has 0 bridgehead atoms. The van der Waals surface area contributed by atoms with Gasteiger partial charge >= 0.3 is 19.5 Å². The maximum absolute atomic E-state index is 10.7. The molecule has 0 rings (SSSR count). The molecular weight excluding hydrogens is 404 g/mol. The van der Waals surface area contributed by atoms with Crippen molar-refractivity contribution < 1.29 is 43.7 Å². The quantitative estimate of drug-likeness (QED) is 0.327. The first-order valence-corrected chi connectivity index (χ1v) is 11.9. The second-order valence-electron chi connectivity index (χ2n) is 2.80. The normalized spacial score (nSPS) is 9.04. The van der Waals surface area contributed by atoms with Gasteiger partial charge in [-0.2, -0.15) is 0 Å². The summed E-state index contributed by atoms with van der Waals surface area (Å²) in [5, 5.41) is 0. The van der Waals surface area contributed by atoms with Crippen molar-refractivity contribution in [3.8, 4) is 0 Å². The van der Waals surface area contributed by atoms with Gasteiger partial charge in [0, 0.05) is 14.0 Å². The molecular formula is C10H29NO9P2S2. The van der Waals surface area contributed by atoms with Crippen LogP contribution in [-0.2, 0) is 33.1 Å². The van der Waals surface area contributed by atoms with Crippen LogP contribution in [-0.4, -0.2) is 59.9 Å². The van der Waals surface area contributed by atoms with Gasteiger partial charge in [0.2, 0.25) is 5.91 Å². The van der Waals surface area contributed by atoms with Crippen molar-refractivity contribution in [2.75, 3.05) is 13.7 Å². The van der Waals surface area contributed by atoms with E-state index in [1.54, 1.807) is 6.92 Å². The lowest BCUT2D eigenvalue weighted by Crippen LogP contribution is -2.31. The average Bonchev–Trinajstić information content (AvgIpc) is 2.39. The molecule has 0 aromatic rings. The van der Waals surface area contributed by atoms with E-state index in [9.17, 15) is 9.59 Å². The zero-order chi connectivity index (χ0) is 21.1. The van der Waals surface area contributed by atoms with Gasteiger partial charge in [-0.05, 0) is 30.5 Å². The van der Waals surface area contributed by atoms with E-state index in [0.717, 1.165) is 4.90 Å². The number of imide groups is 1. The molecule has 0 aliphatic carbocycles. The van der Waals surface area contributed by atoms with Crippen LogP contribution in [0.3, 0.4) is 0 Å². The molecule has 150 valence electrons. The number of rotatable bonds is 1. The molecule has 0 radical (unpaired) electrons. The van der Waals surface area contributed by atoms with E-state index in [-0.39, 0.29) is 12.5 Å². The highest BCUT2D eigenvalue weighted by molar-refractivity contribution is 8.06. The number of nitrogens with zero attached hydrogens (tertiary/aromatic N) is 1. The van der Waals surface area contributed by atoms with E-state index in [0.29, 0.717) is 0 Å². The zero-order valence-electron chi connectivity index (χ0n) is 14.8. The van der Waals surface area contributed by atoms with Gasteiger partial charge < -0.3 is 34.1 Å². The Bertz CT molecular complexity index is 361. The molecule has 0 aromatic heterocycles. The highest BCUT2D eigenvalue weighted by Crippen LogP contribution is 2.26. The Kier molecular flexibility index (Phi) is 30.8. The van der Waals surface area contributed by atoms with Crippen molar-refractivity contribution in [2.24, 2.45) is 0 Å². The van der Waals surface area contributed by atoms with Gasteiger partial charge in [0.1, 0.15) is 0 Å². The highest BCUT2D eigenvalue weighted by atomic mass is 32.5. The van der Waals surface area contributed by atoms with Crippen LogP contribution in [0.2, 0.25) is 0 Å². The van der Waals surface area contributed by atoms with Crippen LogP contribution < -0.4 is 0 Å². The highest BCUT2D eigenvalue weighted by Gasteiger charge is 2.11. The van der Waals surface area contributed by atoms with E-state index in [4.69, 9.17) is 29.4 Å². The number of ether oxygens (including phenoxy) is 1. The Morgan fingerprint density at radius 3 is 1.25 bits per heavy atom. The summed E-state index contributed by atoms with van der Waals surface area (Å²) in [6.07, 6.45) is -0.602. The lowest BCUT2D eigenvalue weighted by molar-refractivity contribution is -0.126. The van der Waals surface area contributed by atoms with Gasteiger partial charge in [-0.15, -0.1) is 0 Å². The van der Waals surface area contributed by atoms with Crippen molar-refractivity contribution in [3.63, 3.8) is 0 Å². The fraction of sp³-hybridized carbons (Fsp3) is 0.800. The van der Waals surface area contributed by atoms with Gasteiger partial charge in [0.15, 0.2) is 0 Å². The number of hydrogen-bond donors (Lipinski definition) is 6. The number of hydrogen-bond acceptors (Lipinski definition) is 5. The standard InChI is InChI=1S/C6H11NO3.2C2H6.2H3O3PS/c1-4-10-6(9)7(3)5(2)8;2*1-2;2*1-4(2,3)5/h4H2,1-3H3;2*1-2H3;2*(H3,1,2,3,5). The van der Waals surface area contributed by atoms with E-state index in [1.165, 1.54) is 14.0 Å². The lowest BCUT2D eigenvalue weighted by Gasteiger charge is -2.10. The molecule has 24 heavy (non-hydrogen) atoms. The second-order valence-corrected chi connectivity index (χ2v) is 7.80. The minimum absolute atomic E-state index is 0.288. The van der Waals surface area contributed by atoms with Crippen LogP contribution in [0.5, 0.6) is 0 Å². The minimum atomic E-state index is -3.81. The molecule has 14 heteroatoms. The van der Waals surface area contributed by atoms with Crippen LogP contribution in [0.4, 0.5) is 4.79 Å². The SMILES string of the molecule is CC.CC.CCOC(=O)N(C)C(C)=O.OP(O)(O)=S.OP(O)(O)=S.